The molecule has 0 bridgehead atoms. The van der Waals surface area contributed by atoms with Crippen molar-refractivity contribution in [1.29, 1.82) is 0 Å². The van der Waals surface area contributed by atoms with Crippen LogP contribution in [0.25, 0.3) is 0 Å². The SMILES string of the molecule is Br.Br.c1ccc2c(c1)Nc1ccccc1O2. The Labute approximate surface area is 115 Å². The number of benzene rings is 2. The van der Waals surface area contributed by atoms with Gasteiger partial charge in [-0.05, 0) is 24.3 Å². The van der Waals surface area contributed by atoms with E-state index in [2.05, 4.69) is 5.32 Å². The summed E-state index contributed by atoms with van der Waals surface area (Å²) in [4.78, 5) is 0. The average molecular weight is 345 g/mol. The van der Waals surface area contributed by atoms with Crippen LogP contribution >= 0.6 is 34.0 Å². The van der Waals surface area contributed by atoms with E-state index in [1.54, 1.807) is 0 Å². The number of para-hydroxylation sites is 4. The first-order chi connectivity index (χ1) is 6.93. The van der Waals surface area contributed by atoms with Crippen LogP contribution in [0.2, 0.25) is 0 Å². The van der Waals surface area contributed by atoms with Crippen LogP contribution in [0.4, 0.5) is 11.4 Å². The number of rotatable bonds is 0. The van der Waals surface area contributed by atoms with Gasteiger partial charge in [-0.3, -0.25) is 0 Å². The Bertz CT molecular complexity index is 400. The van der Waals surface area contributed by atoms with Crippen LogP contribution in [0.15, 0.2) is 48.5 Å². The summed E-state index contributed by atoms with van der Waals surface area (Å²) in [5.74, 6) is 1.76. The van der Waals surface area contributed by atoms with Crippen LogP contribution in [0.5, 0.6) is 11.5 Å². The predicted octanol–water partition coefficient (Wildman–Crippen LogP) is 4.69. The Morgan fingerprint density at radius 3 is 1.62 bits per heavy atom. The summed E-state index contributed by atoms with van der Waals surface area (Å²) in [5.41, 5.74) is 2.04. The van der Waals surface area contributed by atoms with Crippen LogP contribution in [-0.2, 0) is 0 Å². The van der Waals surface area contributed by atoms with Crippen LogP contribution in [0, 0.1) is 0 Å². The first-order valence-electron chi connectivity index (χ1n) is 4.56. The first-order valence-corrected chi connectivity index (χ1v) is 4.56. The molecule has 0 spiro atoms. The molecule has 2 nitrogen and oxygen atoms in total. The van der Waals surface area contributed by atoms with Gasteiger partial charge >= 0.3 is 0 Å². The fourth-order valence-corrected chi connectivity index (χ4v) is 1.58. The second-order valence-corrected chi connectivity index (χ2v) is 3.22. The minimum absolute atomic E-state index is 0. The van der Waals surface area contributed by atoms with Gasteiger partial charge in [0.1, 0.15) is 0 Å². The van der Waals surface area contributed by atoms with E-state index in [9.17, 15) is 0 Å². The maximum atomic E-state index is 5.71. The summed E-state index contributed by atoms with van der Waals surface area (Å²) in [6, 6.07) is 15.8. The summed E-state index contributed by atoms with van der Waals surface area (Å²) in [5, 5.41) is 3.32. The highest BCUT2D eigenvalue weighted by Gasteiger charge is 2.13. The Morgan fingerprint density at radius 2 is 1.12 bits per heavy atom. The lowest BCUT2D eigenvalue weighted by atomic mass is 10.2. The van der Waals surface area contributed by atoms with E-state index in [0.29, 0.717) is 0 Å². The van der Waals surface area contributed by atoms with Gasteiger partial charge in [0, 0.05) is 0 Å². The average Bonchev–Trinajstić information content (AvgIpc) is 2.26. The fourth-order valence-electron chi connectivity index (χ4n) is 1.58. The minimum Gasteiger partial charge on any atom is -0.453 e. The molecule has 16 heavy (non-hydrogen) atoms. The first kappa shape index (κ1) is 13.1. The van der Waals surface area contributed by atoms with Gasteiger partial charge in [0.05, 0.1) is 11.4 Å². The third kappa shape index (κ3) is 2.23. The van der Waals surface area contributed by atoms with E-state index in [4.69, 9.17) is 4.74 Å². The van der Waals surface area contributed by atoms with Gasteiger partial charge in [-0.15, -0.1) is 34.0 Å². The number of fused-ring (bicyclic) bond motifs is 2. The number of anilines is 2. The van der Waals surface area contributed by atoms with Crippen molar-refractivity contribution in [1.82, 2.24) is 0 Å². The molecule has 0 unspecified atom stereocenters. The molecule has 0 aromatic heterocycles. The van der Waals surface area contributed by atoms with Crippen molar-refractivity contribution < 1.29 is 4.74 Å². The Morgan fingerprint density at radius 1 is 0.688 bits per heavy atom. The Balaban J connectivity index is 0.000000640. The second-order valence-electron chi connectivity index (χ2n) is 3.22. The number of halogens is 2. The van der Waals surface area contributed by atoms with Crippen molar-refractivity contribution in [2.24, 2.45) is 0 Å². The molecule has 3 rings (SSSR count). The third-order valence-electron chi connectivity index (χ3n) is 2.26. The lowest BCUT2D eigenvalue weighted by Crippen LogP contribution is -2.01. The van der Waals surface area contributed by atoms with Crippen molar-refractivity contribution >= 4 is 45.3 Å². The molecule has 1 aliphatic heterocycles. The molecule has 1 N–H and O–H groups in total. The number of hydrogen-bond acceptors (Lipinski definition) is 2. The Hall–Kier alpha value is -1.00. The molecule has 0 amide bonds. The molecule has 0 fully saturated rings. The third-order valence-corrected chi connectivity index (χ3v) is 2.26. The van der Waals surface area contributed by atoms with E-state index in [1.807, 2.05) is 48.5 Å². The molecule has 0 radical (unpaired) electrons. The lowest BCUT2D eigenvalue weighted by molar-refractivity contribution is 0.481. The van der Waals surface area contributed by atoms with Crippen molar-refractivity contribution in [3.63, 3.8) is 0 Å². The molecule has 1 aliphatic rings. The zero-order valence-electron chi connectivity index (χ0n) is 8.34. The van der Waals surface area contributed by atoms with E-state index >= 15 is 0 Å². The second kappa shape index (κ2) is 5.37. The predicted molar refractivity (Wildman–Crippen MR) is 76.9 cm³/mol. The van der Waals surface area contributed by atoms with Gasteiger partial charge in [-0.1, -0.05) is 24.3 Å². The van der Waals surface area contributed by atoms with Crippen LogP contribution in [0.1, 0.15) is 0 Å². The van der Waals surface area contributed by atoms with E-state index < -0.39 is 0 Å². The molecule has 2 aromatic rings. The van der Waals surface area contributed by atoms with Gasteiger partial charge in [0.15, 0.2) is 11.5 Å². The van der Waals surface area contributed by atoms with Crippen LogP contribution in [-0.4, -0.2) is 0 Å². The maximum absolute atomic E-state index is 5.71. The molecule has 0 aliphatic carbocycles. The normalized spacial score (nSPS) is 10.5. The Kier molecular flexibility index (Phi) is 4.38. The van der Waals surface area contributed by atoms with E-state index in [-0.39, 0.29) is 34.0 Å². The zero-order chi connectivity index (χ0) is 9.38. The zero-order valence-corrected chi connectivity index (χ0v) is 11.8. The number of hydrogen-bond donors (Lipinski definition) is 1. The molecular weight excluding hydrogens is 334 g/mol. The number of nitrogens with one attached hydrogen (secondary N) is 1. The highest BCUT2D eigenvalue weighted by molar-refractivity contribution is 8.93. The van der Waals surface area contributed by atoms with Crippen molar-refractivity contribution in [2.45, 2.75) is 0 Å². The molecule has 1 heterocycles. The lowest BCUT2D eigenvalue weighted by Gasteiger charge is -2.20. The van der Waals surface area contributed by atoms with Crippen LogP contribution < -0.4 is 10.1 Å². The van der Waals surface area contributed by atoms with Gasteiger partial charge < -0.3 is 10.1 Å². The molecule has 0 saturated heterocycles. The molecule has 0 atom stereocenters. The maximum Gasteiger partial charge on any atom is 0.150 e. The summed E-state index contributed by atoms with van der Waals surface area (Å²) in [7, 11) is 0. The standard InChI is InChI=1S/C12H9NO.2BrH/c1-3-7-11-9(5-1)13-10-6-2-4-8-12(10)14-11;;/h1-8,13H;2*1H. The fraction of sp³-hybridized carbons (Fsp3) is 0. The molecule has 4 heteroatoms. The quantitative estimate of drug-likeness (QED) is 0.638. The largest absolute Gasteiger partial charge is 0.453 e. The summed E-state index contributed by atoms with van der Waals surface area (Å²) < 4.78 is 5.71. The van der Waals surface area contributed by atoms with Crippen molar-refractivity contribution in [3.8, 4) is 11.5 Å². The van der Waals surface area contributed by atoms with Gasteiger partial charge in [-0.2, -0.15) is 0 Å². The topological polar surface area (TPSA) is 21.3 Å². The number of ether oxygens (including phenoxy) is 1. The van der Waals surface area contributed by atoms with Crippen molar-refractivity contribution in [3.05, 3.63) is 48.5 Å². The smallest absolute Gasteiger partial charge is 0.150 e. The van der Waals surface area contributed by atoms with Gasteiger partial charge in [0.2, 0.25) is 0 Å². The highest BCUT2D eigenvalue weighted by Crippen LogP contribution is 2.40. The van der Waals surface area contributed by atoms with Crippen molar-refractivity contribution in [2.75, 3.05) is 5.32 Å². The summed E-state index contributed by atoms with van der Waals surface area (Å²) in [6.45, 7) is 0. The molecular formula is C12H11Br2NO. The van der Waals surface area contributed by atoms with Gasteiger partial charge in [-0.25, -0.2) is 0 Å². The van der Waals surface area contributed by atoms with E-state index in [0.717, 1.165) is 22.9 Å². The summed E-state index contributed by atoms with van der Waals surface area (Å²) >= 11 is 0. The summed E-state index contributed by atoms with van der Waals surface area (Å²) in [6.07, 6.45) is 0. The van der Waals surface area contributed by atoms with E-state index in [1.165, 1.54) is 0 Å². The molecule has 0 saturated carbocycles. The minimum atomic E-state index is 0. The van der Waals surface area contributed by atoms with Gasteiger partial charge in [0.25, 0.3) is 0 Å². The molecule has 2 aromatic carbocycles. The van der Waals surface area contributed by atoms with Crippen LogP contribution in [0.3, 0.4) is 0 Å². The highest BCUT2D eigenvalue weighted by atomic mass is 79.9. The molecule has 84 valence electrons. The monoisotopic (exact) mass is 343 g/mol.